The number of benzene rings is 1. The normalized spacial score (nSPS) is 21.1. The molecule has 0 radical (unpaired) electrons. The Kier molecular flexibility index (Phi) is 7.51. The Bertz CT molecular complexity index is 1000. The SMILES string of the molecule is O=C[C@H](c1ccc(OCCCC2CCN(c3ncc(Cl)cn3)CC2)cc1F)N1CC2(CCCN2)C1. The number of nitrogens with one attached hydrogen (secondary N) is 1. The van der Waals surface area contributed by atoms with Crippen LogP contribution < -0.4 is 15.0 Å². The van der Waals surface area contributed by atoms with Crippen LogP contribution in [-0.4, -0.2) is 66.0 Å². The first kappa shape index (κ1) is 24.4. The molecule has 35 heavy (non-hydrogen) atoms. The number of aldehydes is 1. The molecule has 0 saturated carbocycles. The van der Waals surface area contributed by atoms with Crippen molar-refractivity contribution in [2.24, 2.45) is 5.92 Å². The molecule has 0 bridgehead atoms. The number of nitrogens with zero attached hydrogens (tertiary/aromatic N) is 4. The van der Waals surface area contributed by atoms with Crippen LogP contribution in [0.25, 0.3) is 0 Å². The Hall–Kier alpha value is -2.29. The lowest BCUT2D eigenvalue weighted by Gasteiger charge is -2.50. The van der Waals surface area contributed by atoms with Gasteiger partial charge in [0.05, 0.1) is 30.1 Å². The monoisotopic (exact) mass is 501 g/mol. The van der Waals surface area contributed by atoms with Crippen molar-refractivity contribution in [1.29, 1.82) is 0 Å². The molecule has 2 aromatic rings. The first-order chi connectivity index (χ1) is 17.0. The van der Waals surface area contributed by atoms with Crippen molar-refractivity contribution in [3.63, 3.8) is 0 Å². The first-order valence-electron chi connectivity index (χ1n) is 12.6. The number of rotatable bonds is 9. The maximum atomic E-state index is 14.9. The second kappa shape index (κ2) is 10.8. The summed E-state index contributed by atoms with van der Waals surface area (Å²) in [6.45, 7) is 5.03. The summed E-state index contributed by atoms with van der Waals surface area (Å²) in [5.74, 6) is 1.52. The summed E-state index contributed by atoms with van der Waals surface area (Å²) < 4.78 is 20.7. The number of anilines is 1. The molecule has 1 spiro atoms. The van der Waals surface area contributed by atoms with E-state index < -0.39 is 6.04 Å². The van der Waals surface area contributed by atoms with Crippen molar-refractivity contribution in [2.45, 2.75) is 50.1 Å². The zero-order valence-electron chi connectivity index (χ0n) is 20.0. The highest BCUT2D eigenvalue weighted by Gasteiger charge is 2.47. The molecule has 1 aromatic heterocycles. The summed E-state index contributed by atoms with van der Waals surface area (Å²) in [5.41, 5.74) is 0.553. The van der Waals surface area contributed by atoms with Gasteiger partial charge >= 0.3 is 0 Å². The third-order valence-electron chi connectivity index (χ3n) is 7.69. The minimum atomic E-state index is -0.541. The number of piperidine rings is 1. The van der Waals surface area contributed by atoms with E-state index >= 15 is 0 Å². The molecule has 3 saturated heterocycles. The summed E-state index contributed by atoms with van der Waals surface area (Å²) >= 11 is 5.87. The van der Waals surface area contributed by atoms with Gasteiger partial charge < -0.3 is 19.7 Å². The van der Waals surface area contributed by atoms with Gasteiger partial charge in [-0.2, -0.15) is 0 Å². The van der Waals surface area contributed by atoms with Crippen molar-refractivity contribution in [1.82, 2.24) is 20.2 Å². The molecule has 1 aromatic carbocycles. The molecular formula is C26H33ClFN5O2. The quantitative estimate of drug-likeness (QED) is 0.411. The second-order valence-corrected chi connectivity index (χ2v) is 10.5. The fourth-order valence-corrected chi connectivity index (χ4v) is 5.81. The van der Waals surface area contributed by atoms with Crippen LogP contribution >= 0.6 is 11.6 Å². The van der Waals surface area contributed by atoms with Gasteiger partial charge in [-0.25, -0.2) is 14.4 Å². The summed E-state index contributed by atoms with van der Waals surface area (Å²) in [4.78, 5) is 24.6. The van der Waals surface area contributed by atoms with Crippen molar-refractivity contribution < 1.29 is 13.9 Å². The van der Waals surface area contributed by atoms with E-state index in [-0.39, 0.29) is 11.4 Å². The molecule has 9 heteroatoms. The molecule has 0 unspecified atom stereocenters. The molecule has 1 atom stereocenters. The number of aromatic nitrogens is 2. The predicted octanol–water partition coefficient (Wildman–Crippen LogP) is 4.02. The van der Waals surface area contributed by atoms with Gasteiger partial charge in [0.1, 0.15) is 17.9 Å². The standard InChI is InChI=1S/C26H33ClFN5O2/c27-20-14-29-25(30-15-20)32-10-6-19(7-11-32)3-1-12-35-21-4-5-22(23(28)13-21)24(16-34)33-17-26(18-33)8-2-9-31-26/h4-5,13-16,19,24,31H,1-3,6-12,17-18H2/t24-/m1/s1. The van der Waals surface area contributed by atoms with Gasteiger partial charge in [0.15, 0.2) is 0 Å². The van der Waals surface area contributed by atoms with Crippen LogP contribution in [0.15, 0.2) is 30.6 Å². The number of hydrogen-bond donors (Lipinski definition) is 1. The van der Waals surface area contributed by atoms with Gasteiger partial charge in [0.2, 0.25) is 5.95 Å². The summed E-state index contributed by atoms with van der Waals surface area (Å²) in [5, 5.41) is 4.08. The molecular weight excluding hydrogens is 469 g/mol. The maximum Gasteiger partial charge on any atom is 0.225 e. The van der Waals surface area contributed by atoms with Gasteiger partial charge in [-0.05, 0) is 57.1 Å². The topological polar surface area (TPSA) is 70.6 Å². The fourth-order valence-electron chi connectivity index (χ4n) is 5.71. The van der Waals surface area contributed by atoms with Crippen LogP contribution in [0.3, 0.4) is 0 Å². The molecule has 188 valence electrons. The Labute approximate surface area is 211 Å². The van der Waals surface area contributed by atoms with Crippen molar-refractivity contribution >= 4 is 23.8 Å². The number of halogens is 2. The van der Waals surface area contributed by atoms with Gasteiger partial charge in [0, 0.05) is 43.3 Å². The van der Waals surface area contributed by atoms with Crippen molar-refractivity contribution in [2.75, 3.05) is 44.2 Å². The summed E-state index contributed by atoms with van der Waals surface area (Å²) in [7, 11) is 0. The second-order valence-electron chi connectivity index (χ2n) is 10.1. The highest BCUT2D eigenvalue weighted by Crippen LogP contribution is 2.36. The van der Waals surface area contributed by atoms with Gasteiger partial charge in [-0.1, -0.05) is 17.7 Å². The van der Waals surface area contributed by atoms with Crippen molar-refractivity contribution in [3.8, 4) is 5.75 Å². The van der Waals surface area contributed by atoms with Crippen LogP contribution in [0.4, 0.5) is 10.3 Å². The molecule has 4 heterocycles. The fraction of sp³-hybridized carbons (Fsp3) is 0.577. The third kappa shape index (κ3) is 5.60. The Morgan fingerprint density at radius 2 is 2.03 bits per heavy atom. The highest BCUT2D eigenvalue weighted by atomic mass is 35.5. The van der Waals surface area contributed by atoms with E-state index in [1.54, 1.807) is 24.5 Å². The number of carbonyl (C=O) groups excluding carboxylic acids is 1. The predicted molar refractivity (Wildman–Crippen MR) is 133 cm³/mol. The van der Waals surface area contributed by atoms with E-state index in [0.717, 1.165) is 83.5 Å². The van der Waals surface area contributed by atoms with Gasteiger partial charge in [0.25, 0.3) is 0 Å². The van der Waals surface area contributed by atoms with Crippen molar-refractivity contribution in [3.05, 3.63) is 47.0 Å². The molecule has 3 aliphatic rings. The lowest BCUT2D eigenvalue weighted by molar-refractivity contribution is -0.116. The summed E-state index contributed by atoms with van der Waals surface area (Å²) in [6.07, 6.45) is 10.6. The number of ether oxygens (including phenoxy) is 1. The molecule has 0 aliphatic carbocycles. The summed E-state index contributed by atoms with van der Waals surface area (Å²) in [6, 6.07) is 4.36. The van der Waals surface area contributed by atoms with Crippen LogP contribution in [0.2, 0.25) is 5.02 Å². The van der Waals surface area contributed by atoms with E-state index in [2.05, 4.69) is 25.1 Å². The Morgan fingerprint density at radius 3 is 2.69 bits per heavy atom. The number of likely N-dealkylation sites (tertiary alicyclic amines) is 1. The minimum absolute atomic E-state index is 0.126. The molecule has 7 nitrogen and oxygen atoms in total. The average molecular weight is 502 g/mol. The number of carbonyl (C=O) groups is 1. The number of hydrogen-bond acceptors (Lipinski definition) is 7. The van der Waals surface area contributed by atoms with E-state index in [9.17, 15) is 9.18 Å². The van der Waals surface area contributed by atoms with E-state index in [0.29, 0.717) is 28.9 Å². The van der Waals surface area contributed by atoms with Gasteiger partial charge in [-0.15, -0.1) is 0 Å². The van der Waals surface area contributed by atoms with Crippen LogP contribution in [-0.2, 0) is 4.79 Å². The van der Waals surface area contributed by atoms with Crippen LogP contribution in [0.5, 0.6) is 5.75 Å². The van der Waals surface area contributed by atoms with E-state index in [1.807, 2.05) is 0 Å². The van der Waals surface area contributed by atoms with Crippen LogP contribution in [0.1, 0.15) is 50.1 Å². The lowest BCUT2D eigenvalue weighted by atomic mass is 9.86. The zero-order chi connectivity index (χ0) is 24.3. The largest absolute Gasteiger partial charge is 0.493 e. The molecule has 3 fully saturated rings. The minimum Gasteiger partial charge on any atom is -0.493 e. The molecule has 5 rings (SSSR count). The third-order valence-corrected chi connectivity index (χ3v) is 7.88. The molecule has 1 N–H and O–H groups in total. The highest BCUT2D eigenvalue weighted by molar-refractivity contribution is 6.30. The van der Waals surface area contributed by atoms with Gasteiger partial charge in [-0.3, -0.25) is 4.90 Å². The lowest BCUT2D eigenvalue weighted by Crippen LogP contribution is -2.67. The Morgan fingerprint density at radius 1 is 1.26 bits per heavy atom. The van der Waals surface area contributed by atoms with E-state index in [1.165, 1.54) is 6.07 Å². The smallest absolute Gasteiger partial charge is 0.225 e. The molecule has 0 amide bonds. The first-order valence-corrected chi connectivity index (χ1v) is 13.0. The molecule has 3 aliphatic heterocycles. The Balaban J connectivity index is 1.04. The van der Waals surface area contributed by atoms with Crippen LogP contribution in [0, 0.1) is 11.7 Å². The van der Waals surface area contributed by atoms with E-state index in [4.69, 9.17) is 16.3 Å². The zero-order valence-corrected chi connectivity index (χ0v) is 20.7. The average Bonchev–Trinajstić information content (AvgIpc) is 3.35. The maximum absolute atomic E-state index is 14.9.